The lowest BCUT2D eigenvalue weighted by atomic mass is 10.2. The van der Waals surface area contributed by atoms with Gasteiger partial charge in [-0.2, -0.15) is 0 Å². The quantitative estimate of drug-likeness (QED) is 0.713. The van der Waals surface area contributed by atoms with Crippen LogP contribution in [0.5, 0.6) is 0 Å². The highest BCUT2D eigenvalue weighted by atomic mass is 16.5. The molecule has 0 radical (unpaired) electrons. The van der Waals surface area contributed by atoms with Crippen molar-refractivity contribution < 1.29 is 4.74 Å². The Morgan fingerprint density at radius 1 is 1.33 bits per heavy atom. The Balaban J connectivity index is 2.11. The summed E-state index contributed by atoms with van der Waals surface area (Å²) in [5.74, 6) is 0. The van der Waals surface area contributed by atoms with Gasteiger partial charge in [-0.3, -0.25) is 0 Å². The van der Waals surface area contributed by atoms with Crippen LogP contribution in [-0.2, 0) is 4.74 Å². The fourth-order valence-corrected chi connectivity index (χ4v) is 1.91. The molecule has 0 spiro atoms. The van der Waals surface area contributed by atoms with E-state index in [1.165, 1.54) is 5.69 Å². The smallest absolute Gasteiger partial charge is 0.0721 e. The van der Waals surface area contributed by atoms with Gasteiger partial charge in [0.2, 0.25) is 0 Å². The molecule has 1 unspecified atom stereocenters. The van der Waals surface area contributed by atoms with Gasteiger partial charge in [0.25, 0.3) is 0 Å². The molecule has 0 saturated carbocycles. The van der Waals surface area contributed by atoms with Crippen molar-refractivity contribution in [1.29, 1.82) is 0 Å². The van der Waals surface area contributed by atoms with Gasteiger partial charge in [0, 0.05) is 31.1 Å². The molecule has 15 heavy (non-hydrogen) atoms. The van der Waals surface area contributed by atoms with E-state index in [2.05, 4.69) is 24.0 Å². The summed E-state index contributed by atoms with van der Waals surface area (Å²) in [6.45, 7) is 5.01. The van der Waals surface area contributed by atoms with E-state index >= 15 is 0 Å². The second-order valence-electron chi connectivity index (χ2n) is 4.07. The summed E-state index contributed by atoms with van der Waals surface area (Å²) in [6, 6.07) is 8.05. The standard InChI is InChI=1S/C12H18N2O/c1-10-9-14(7-2-8-15-10)12-5-3-11(13)4-6-12/h3-6,10H,2,7-9,13H2,1H3. The van der Waals surface area contributed by atoms with Gasteiger partial charge in [0.1, 0.15) is 0 Å². The molecule has 2 N–H and O–H groups in total. The highest BCUT2D eigenvalue weighted by Gasteiger charge is 2.14. The third-order valence-corrected chi connectivity index (χ3v) is 2.71. The number of anilines is 2. The van der Waals surface area contributed by atoms with Gasteiger partial charge in [0.05, 0.1) is 6.10 Å². The molecular formula is C12H18N2O. The summed E-state index contributed by atoms with van der Waals surface area (Å²) in [5, 5.41) is 0. The Morgan fingerprint density at radius 3 is 2.80 bits per heavy atom. The first-order chi connectivity index (χ1) is 7.25. The third kappa shape index (κ3) is 2.63. The Morgan fingerprint density at radius 2 is 2.07 bits per heavy atom. The van der Waals surface area contributed by atoms with Crippen molar-refractivity contribution in [3.63, 3.8) is 0 Å². The highest BCUT2D eigenvalue weighted by molar-refractivity contribution is 5.53. The fraction of sp³-hybridized carbons (Fsp3) is 0.500. The van der Waals surface area contributed by atoms with Crippen LogP contribution in [0.25, 0.3) is 0 Å². The molecule has 1 fully saturated rings. The number of hydrogen-bond donors (Lipinski definition) is 1. The zero-order valence-corrected chi connectivity index (χ0v) is 9.15. The second kappa shape index (κ2) is 4.53. The monoisotopic (exact) mass is 206 g/mol. The first kappa shape index (κ1) is 10.3. The molecule has 3 heteroatoms. The van der Waals surface area contributed by atoms with Crippen LogP contribution in [0, 0.1) is 0 Å². The van der Waals surface area contributed by atoms with E-state index < -0.39 is 0 Å². The molecule has 1 aromatic carbocycles. The van der Waals surface area contributed by atoms with Gasteiger partial charge < -0.3 is 15.4 Å². The van der Waals surface area contributed by atoms with Crippen LogP contribution in [0.3, 0.4) is 0 Å². The first-order valence-corrected chi connectivity index (χ1v) is 5.48. The number of nitrogens with zero attached hydrogens (tertiary/aromatic N) is 1. The third-order valence-electron chi connectivity index (χ3n) is 2.71. The van der Waals surface area contributed by atoms with Gasteiger partial charge >= 0.3 is 0 Å². The van der Waals surface area contributed by atoms with Crippen LogP contribution in [0.4, 0.5) is 11.4 Å². The van der Waals surface area contributed by atoms with E-state index in [1.54, 1.807) is 0 Å². The second-order valence-corrected chi connectivity index (χ2v) is 4.07. The molecule has 82 valence electrons. The minimum atomic E-state index is 0.310. The first-order valence-electron chi connectivity index (χ1n) is 5.48. The predicted octanol–water partition coefficient (Wildman–Crippen LogP) is 1.88. The molecule has 1 aliphatic heterocycles. The zero-order valence-electron chi connectivity index (χ0n) is 9.15. The van der Waals surface area contributed by atoms with Crippen molar-refractivity contribution in [2.45, 2.75) is 19.4 Å². The summed E-state index contributed by atoms with van der Waals surface area (Å²) < 4.78 is 5.61. The van der Waals surface area contributed by atoms with E-state index in [4.69, 9.17) is 10.5 Å². The summed E-state index contributed by atoms with van der Waals surface area (Å²) >= 11 is 0. The Hall–Kier alpha value is -1.22. The summed E-state index contributed by atoms with van der Waals surface area (Å²) in [5.41, 5.74) is 7.73. The van der Waals surface area contributed by atoms with E-state index in [9.17, 15) is 0 Å². The molecule has 3 nitrogen and oxygen atoms in total. The number of benzene rings is 1. The molecule has 1 aromatic rings. The molecule has 2 rings (SSSR count). The van der Waals surface area contributed by atoms with Crippen molar-refractivity contribution in [3.8, 4) is 0 Å². The van der Waals surface area contributed by atoms with E-state index in [0.717, 1.165) is 31.8 Å². The predicted molar refractivity (Wildman–Crippen MR) is 63.1 cm³/mol. The molecule has 0 aliphatic carbocycles. The van der Waals surface area contributed by atoms with Crippen molar-refractivity contribution in [2.75, 3.05) is 30.3 Å². The lowest BCUT2D eigenvalue weighted by Gasteiger charge is -2.24. The van der Waals surface area contributed by atoms with Crippen LogP contribution in [-0.4, -0.2) is 25.8 Å². The van der Waals surface area contributed by atoms with Gasteiger partial charge in [-0.05, 0) is 37.6 Å². The average Bonchev–Trinajstić information content (AvgIpc) is 2.44. The number of ether oxygens (including phenoxy) is 1. The maximum atomic E-state index is 5.67. The molecule has 0 aromatic heterocycles. The topological polar surface area (TPSA) is 38.5 Å². The van der Waals surface area contributed by atoms with E-state index in [1.807, 2.05) is 12.1 Å². The van der Waals surface area contributed by atoms with Gasteiger partial charge in [0.15, 0.2) is 0 Å². The lowest BCUT2D eigenvalue weighted by Crippen LogP contribution is -2.29. The van der Waals surface area contributed by atoms with Gasteiger partial charge in [-0.15, -0.1) is 0 Å². The van der Waals surface area contributed by atoms with Crippen LogP contribution in [0.2, 0.25) is 0 Å². The number of rotatable bonds is 1. The highest BCUT2D eigenvalue weighted by Crippen LogP contribution is 2.19. The van der Waals surface area contributed by atoms with Crippen LogP contribution >= 0.6 is 0 Å². The van der Waals surface area contributed by atoms with E-state index in [-0.39, 0.29) is 0 Å². The van der Waals surface area contributed by atoms with Crippen molar-refractivity contribution in [3.05, 3.63) is 24.3 Å². The van der Waals surface area contributed by atoms with E-state index in [0.29, 0.717) is 6.10 Å². The number of hydrogen-bond acceptors (Lipinski definition) is 3. The van der Waals surface area contributed by atoms with Crippen LogP contribution in [0.1, 0.15) is 13.3 Å². The lowest BCUT2D eigenvalue weighted by molar-refractivity contribution is 0.0821. The molecule has 1 heterocycles. The molecule has 1 aliphatic rings. The molecule has 0 bridgehead atoms. The molecule has 1 saturated heterocycles. The van der Waals surface area contributed by atoms with Crippen LogP contribution < -0.4 is 10.6 Å². The number of nitrogen functional groups attached to an aromatic ring is 1. The Kier molecular flexibility index (Phi) is 3.11. The average molecular weight is 206 g/mol. The maximum Gasteiger partial charge on any atom is 0.0721 e. The molecular weight excluding hydrogens is 188 g/mol. The minimum absolute atomic E-state index is 0.310. The minimum Gasteiger partial charge on any atom is -0.399 e. The number of nitrogens with two attached hydrogens (primary N) is 1. The molecule has 0 amide bonds. The van der Waals surface area contributed by atoms with Gasteiger partial charge in [-0.1, -0.05) is 0 Å². The Bertz CT molecular complexity index is 310. The fourth-order valence-electron chi connectivity index (χ4n) is 1.91. The molecule has 1 atom stereocenters. The van der Waals surface area contributed by atoms with Gasteiger partial charge in [-0.25, -0.2) is 0 Å². The van der Waals surface area contributed by atoms with Crippen LogP contribution in [0.15, 0.2) is 24.3 Å². The summed E-state index contributed by atoms with van der Waals surface area (Å²) in [6.07, 6.45) is 1.40. The SMILES string of the molecule is CC1CN(c2ccc(N)cc2)CCCO1. The maximum absolute atomic E-state index is 5.67. The Labute approximate surface area is 90.8 Å². The summed E-state index contributed by atoms with van der Waals surface area (Å²) in [4.78, 5) is 2.36. The normalized spacial score (nSPS) is 22.5. The largest absolute Gasteiger partial charge is 0.399 e. The summed E-state index contributed by atoms with van der Waals surface area (Å²) in [7, 11) is 0. The van der Waals surface area contributed by atoms with Crippen molar-refractivity contribution >= 4 is 11.4 Å². The van der Waals surface area contributed by atoms with Crippen molar-refractivity contribution in [2.24, 2.45) is 0 Å². The zero-order chi connectivity index (χ0) is 10.7. The van der Waals surface area contributed by atoms with Crippen molar-refractivity contribution in [1.82, 2.24) is 0 Å².